The third kappa shape index (κ3) is 3.29. The first-order valence-corrected chi connectivity index (χ1v) is 8.63. The number of aryl methyl sites for hydroxylation is 1. The van der Waals surface area contributed by atoms with Gasteiger partial charge in [0, 0.05) is 23.4 Å². The predicted molar refractivity (Wildman–Crippen MR) is 102 cm³/mol. The molecule has 140 valence electrons. The van der Waals surface area contributed by atoms with Crippen LogP contribution in [0.1, 0.15) is 34.5 Å². The number of hydrogen-bond acceptors (Lipinski definition) is 4. The molecule has 0 fully saturated rings. The normalized spacial score (nSPS) is 14.7. The van der Waals surface area contributed by atoms with Gasteiger partial charge in [-0.25, -0.2) is 4.90 Å². The Bertz CT molecular complexity index is 972. The molecule has 0 spiro atoms. The summed E-state index contributed by atoms with van der Waals surface area (Å²) in [5.74, 6) is -1.73. The molecule has 1 aromatic carbocycles. The molecule has 3 rings (SSSR count). The average Bonchev–Trinajstić information content (AvgIpc) is 3.07. The molecule has 2 heterocycles. The lowest BCUT2D eigenvalue weighted by Crippen LogP contribution is -2.38. The Morgan fingerprint density at radius 2 is 1.96 bits per heavy atom. The SMILES string of the molecule is Cc1[nH]c(C=C2C(=O)N(C(=O)CN)c3ccccc32)c(C)c1CCC(=O)O. The Labute approximate surface area is 156 Å². The third-order valence-corrected chi connectivity index (χ3v) is 4.80. The highest BCUT2D eigenvalue weighted by Gasteiger charge is 2.35. The number of nitrogens with one attached hydrogen (secondary N) is 1. The van der Waals surface area contributed by atoms with Crippen molar-refractivity contribution in [3.63, 3.8) is 0 Å². The lowest BCUT2D eigenvalue weighted by molar-refractivity contribution is -0.137. The maximum Gasteiger partial charge on any atom is 0.303 e. The summed E-state index contributed by atoms with van der Waals surface area (Å²) in [4.78, 5) is 40.2. The van der Waals surface area contributed by atoms with Crippen LogP contribution in [0.15, 0.2) is 24.3 Å². The number of hydrogen-bond donors (Lipinski definition) is 3. The van der Waals surface area contributed by atoms with Crippen molar-refractivity contribution in [2.75, 3.05) is 11.4 Å². The summed E-state index contributed by atoms with van der Waals surface area (Å²) in [6.45, 7) is 3.51. The molecule has 7 heteroatoms. The van der Waals surface area contributed by atoms with Gasteiger partial charge < -0.3 is 15.8 Å². The fourth-order valence-corrected chi connectivity index (χ4v) is 3.43. The standard InChI is InChI=1S/C20H21N3O4/c1-11-13(7-8-19(25)26)12(2)22-16(11)9-15-14-5-3-4-6-17(14)23(20(15)27)18(24)10-21/h3-6,9,22H,7-8,10,21H2,1-2H3,(H,25,26). The van der Waals surface area contributed by atoms with Crippen molar-refractivity contribution in [1.82, 2.24) is 4.98 Å². The molecule has 0 bridgehead atoms. The van der Waals surface area contributed by atoms with E-state index in [1.165, 1.54) is 0 Å². The fourth-order valence-electron chi connectivity index (χ4n) is 3.43. The zero-order valence-corrected chi connectivity index (χ0v) is 15.2. The molecule has 0 saturated heterocycles. The average molecular weight is 367 g/mol. The van der Waals surface area contributed by atoms with Gasteiger partial charge in [-0.05, 0) is 43.5 Å². The maximum atomic E-state index is 12.9. The molecule has 0 saturated carbocycles. The zero-order valence-electron chi connectivity index (χ0n) is 15.2. The van der Waals surface area contributed by atoms with Gasteiger partial charge in [-0.2, -0.15) is 0 Å². The van der Waals surface area contributed by atoms with Gasteiger partial charge in [-0.3, -0.25) is 14.4 Å². The number of rotatable bonds is 5. The van der Waals surface area contributed by atoms with Gasteiger partial charge in [0.05, 0.1) is 17.8 Å². The van der Waals surface area contributed by atoms with E-state index in [-0.39, 0.29) is 13.0 Å². The Hall–Kier alpha value is -3.19. The molecular weight excluding hydrogens is 346 g/mol. The number of benzene rings is 1. The second kappa shape index (κ2) is 7.20. The van der Waals surface area contributed by atoms with Gasteiger partial charge >= 0.3 is 5.97 Å². The molecule has 0 aliphatic carbocycles. The molecule has 2 amide bonds. The number of fused-ring (bicyclic) bond motifs is 1. The van der Waals surface area contributed by atoms with Crippen molar-refractivity contribution >= 4 is 35.1 Å². The molecule has 4 N–H and O–H groups in total. The van der Waals surface area contributed by atoms with E-state index in [2.05, 4.69) is 4.98 Å². The molecule has 0 atom stereocenters. The number of nitrogens with zero attached hydrogens (tertiary/aromatic N) is 1. The molecule has 27 heavy (non-hydrogen) atoms. The van der Waals surface area contributed by atoms with Crippen LogP contribution in [0.5, 0.6) is 0 Å². The number of aromatic amines is 1. The Morgan fingerprint density at radius 3 is 2.63 bits per heavy atom. The first-order valence-electron chi connectivity index (χ1n) is 8.63. The summed E-state index contributed by atoms with van der Waals surface area (Å²) in [6.07, 6.45) is 2.17. The topological polar surface area (TPSA) is 116 Å². The second-order valence-electron chi connectivity index (χ2n) is 6.47. The van der Waals surface area contributed by atoms with Gasteiger partial charge in [-0.15, -0.1) is 0 Å². The number of carboxylic acids is 1. The smallest absolute Gasteiger partial charge is 0.303 e. The summed E-state index contributed by atoms with van der Waals surface area (Å²) >= 11 is 0. The molecule has 1 aliphatic rings. The molecule has 7 nitrogen and oxygen atoms in total. The van der Waals surface area contributed by atoms with Crippen molar-refractivity contribution in [1.29, 1.82) is 0 Å². The number of imide groups is 1. The maximum absolute atomic E-state index is 12.9. The minimum Gasteiger partial charge on any atom is -0.481 e. The minimum absolute atomic E-state index is 0.0378. The van der Waals surface area contributed by atoms with Gasteiger partial charge in [-0.1, -0.05) is 18.2 Å². The molecule has 1 aromatic heterocycles. The lowest BCUT2D eigenvalue weighted by Gasteiger charge is -2.13. The van der Waals surface area contributed by atoms with Crippen LogP contribution in [-0.2, 0) is 20.8 Å². The van der Waals surface area contributed by atoms with E-state index < -0.39 is 17.8 Å². The summed E-state index contributed by atoms with van der Waals surface area (Å²) in [6, 6.07) is 7.08. The van der Waals surface area contributed by atoms with Crippen molar-refractivity contribution in [3.05, 3.63) is 52.3 Å². The van der Waals surface area contributed by atoms with Crippen LogP contribution in [0.2, 0.25) is 0 Å². The number of carboxylic acid groups (broad SMARTS) is 1. The number of aliphatic carboxylic acids is 1. The quantitative estimate of drug-likeness (QED) is 0.699. The van der Waals surface area contributed by atoms with E-state index in [1.54, 1.807) is 24.3 Å². The molecule has 0 radical (unpaired) electrons. The van der Waals surface area contributed by atoms with Crippen LogP contribution in [0, 0.1) is 13.8 Å². The first kappa shape index (κ1) is 18.6. The number of para-hydroxylation sites is 1. The van der Waals surface area contributed by atoms with E-state index in [0.29, 0.717) is 23.2 Å². The van der Waals surface area contributed by atoms with Crippen LogP contribution in [-0.4, -0.2) is 34.4 Å². The highest BCUT2D eigenvalue weighted by atomic mass is 16.4. The highest BCUT2D eigenvalue weighted by molar-refractivity contribution is 6.42. The molecular formula is C20H21N3O4. The van der Waals surface area contributed by atoms with Gasteiger partial charge in [0.25, 0.3) is 5.91 Å². The summed E-state index contributed by atoms with van der Waals surface area (Å²) in [7, 11) is 0. The van der Waals surface area contributed by atoms with Crippen molar-refractivity contribution < 1.29 is 19.5 Å². The van der Waals surface area contributed by atoms with E-state index >= 15 is 0 Å². The van der Waals surface area contributed by atoms with Crippen LogP contribution in [0.3, 0.4) is 0 Å². The van der Waals surface area contributed by atoms with Crippen LogP contribution in [0.25, 0.3) is 11.6 Å². The minimum atomic E-state index is -0.856. The lowest BCUT2D eigenvalue weighted by atomic mass is 10.0. The van der Waals surface area contributed by atoms with Gasteiger partial charge in [0.2, 0.25) is 5.91 Å². The summed E-state index contributed by atoms with van der Waals surface area (Å²) < 4.78 is 0. The number of anilines is 1. The van der Waals surface area contributed by atoms with E-state index in [0.717, 1.165) is 27.4 Å². The Morgan fingerprint density at radius 1 is 1.26 bits per heavy atom. The first-order chi connectivity index (χ1) is 12.8. The second-order valence-corrected chi connectivity index (χ2v) is 6.47. The van der Waals surface area contributed by atoms with Crippen molar-refractivity contribution in [3.8, 4) is 0 Å². The number of carbonyl (C=O) groups is 3. The predicted octanol–water partition coefficient (Wildman–Crippen LogP) is 2.02. The Balaban J connectivity index is 2.05. The molecule has 0 unspecified atom stereocenters. The monoisotopic (exact) mass is 367 g/mol. The van der Waals surface area contributed by atoms with Gasteiger partial charge in [0.15, 0.2) is 0 Å². The Kier molecular flexibility index (Phi) is 4.96. The summed E-state index contributed by atoms with van der Waals surface area (Å²) in [5.41, 5.74) is 10.5. The zero-order chi connectivity index (χ0) is 19.7. The van der Waals surface area contributed by atoms with E-state index in [9.17, 15) is 14.4 Å². The van der Waals surface area contributed by atoms with Crippen molar-refractivity contribution in [2.45, 2.75) is 26.7 Å². The van der Waals surface area contributed by atoms with Gasteiger partial charge in [0.1, 0.15) is 0 Å². The number of carbonyl (C=O) groups excluding carboxylic acids is 2. The number of nitrogens with two attached hydrogens (primary N) is 1. The van der Waals surface area contributed by atoms with Crippen molar-refractivity contribution in [2.24, 2.45) is 5.73 Å². The largest absolute Gasteiger partial charge is 0.481 e. The van der Waals surface area contributed by atoms with Crippen LogP contribution >= 0.6 is 0 Å². The number of amides is 2. The van der Waals surface area contributed by atoms with Crippen LogP contribution < -0.4 is 10.6 Å². The summed E-state index contributed by atoms with van der Waals surface area (Å²) in [5, 5.41) is 8.93. The van der Waals surface area contributed by atoms with E-state index in [1.807, 2.05) is 19.9 Å². The fraction of sp³-hybridized carbons (Fsp3) is 0.250. The number of aromatic nitrogens is 1. The highest BCUT2D eigenvalue weighted by Crippen LogP contribution is 2.38. The number of H-pyrrole nitrogens is 1. The molecule has 2 aromatic rings. The third-order valence-electron chi connectivity index (χ3n) is 4.80. The molecule has 1 aliphatic heterocycles. The van der Waals surface area contributed by atoms with E-state index in [4.69, 9.17) is 10.8 Å². The van der Waals surface area contributed by atoms with Crippen LogP contribution in [0.4, 0.5) is 5.69 Å².